The number of esters is 1. The van der Waals surface area contributed by atoms with Gasteiger partial charge in [-0.3, -0.25) is 4.79 Å². The summed E-state index contributed by atoms with van der Waals surface area (Å²) in [6.07, 6.45) is 10.2. The SMILES string of the molecule is O=C(/C=C/c1ccsc1)OCC(=O)C12CC3CC(CC(C3)C1)C2. The molecule has 0 unspecified atom stereocenters. The molecule has 3 nitrogen and oxygen atoms in total. The Kier molecular flexibility index (Phi) is 3.88. The van der Waals surface area contributed by atoms with Gasteiger partial charge in [0.25, 0.3) is 0 Å². The summed E-state index contributed by atoms with van der Waals surface area (Å²) in [7, 11) is 0. The molecule has 4 saturated carbocycles. The fraction of sp³-hybridized carbons (Fsp3) is 0.579. The lowest BCUT2D eigenvalue weighted by atomic mass is 9.48. The number of carbonyl (C=O) groups excluding carboxylic acids is 2. The van der Waals surface area contributed by atoms with E-state index in [9.17, 15) is 9.59 Å². The molecule has 1 aromatic rings. The average Bonchev–Trinajstić information content (AvgIpc) is 3.02. The number of carbonyl (C=O) groups is 2. The molecule has 4 aliphatic carbocycles. The lowest BCUT2D eigenvalue weighted by Gasteiger charge is -2.55. The molecule has 0 radical (unpaired) electrons. The Morgan fingerprint density at radius 2 is 1.83 bits per heavy atom. The Bertz CT molecular complexity index is 594. The van der Waals surface area contributed by atoms with E-state index < -0.39 is 5.97 Å². The van der Waals surface area contributed by atoms with Gasteiger partial charge in [0.15, 0.2) is 12.4 Å². The van der Waals surface area contributed by atoms with Gasteiger partial charge in [-0.2, -0.15) is 11.3 Å². The van der Waals surface area contributed by atoms with Crippen molar-refractivity contribution in [2.45, 2.75) is 38.5 Å². The van der Waals surface area contributed by atoms with Gasteiger partial charge in [-0.25, -0.2) is 4.79 Å². The quantitative estimate of drug-likeness (QED) is 0.603. The van der Waals surface area contributed by atoms with Gasteiger partial charge in [0, 0.05) is 11.5 Å². The minimum Gasteiger partial charge on any atom is -0.455 e. The summed E-state index contributed by atoms with van der Waals surface area (Å²) >= 11 is 1.58. The number of thiophene rings is 1. The number of rotatable bonds is 5. The van der Waals surface area contributed by atoms with Gasteiger partial charge in [-0.1, -0.05) is 0 Å². The third-order valence-electron chi connectivity index (χ3n) is 5.93. The van der Waals surface area contributed by atoms with Crippen molar-refractivity contribution in [3.05, 3.63) is 28.5 Å². The molecule has 0 N–H and O–H groups in total. The minimum absolute atomic E-state index is 0.0566. The normalized spacial score (nSPS) is 34.9. The first kappa shape index (κ1) is 15.1. The number of ketones is 1. The number of Topliss-reactive ketones (excluding diaryl/α,β-unsaturated/α-hetero) is 1. The molecule has 4 bridgehead atoms. The van der Waals surface area contributed by atoms with Crippen LogP contribution in [0.4, 0.5) is 0 Å². The zero-order valence-corrected chi connectivity index (χ0v) is 14.0. The van der Waals surface area contributed by atoms with Crippen molar-refractivity contribution in [3.8, 4) is 0 Å². The Morgan fingerprint density at radius 1 is 1.17 bits per heavy atom. The molecule has 0 aromatic carbocycles. The maximum Gasteiger partial charge on any atom is 0.331 e. The maximum absolute atomic E-state index is 12.7. The molecule has 23 heavy (non-hydrogen) atoms. The van der Waals surface area contributed by atoms with Gasteiger partial charge < -0.3 is 4.74 Å². The van der Waals surface area contributed by atoms with Crippen molar-refractivity contribution in [1.82, 2.24) is 0 Å². The molecule has 1 heterocycles. The van der Waals surface area contributed by atoms with E-state index in [0.29, 0.717) is 0 Å². The summed E-state index contributed by atoms with van der Waals surface area (Å²) in [5.74, 6) is 1.95. The van der Waals surface area contributed by atoms with Crippen molar-refractivity contribution in [3.63, 3.8) is 0 Å². The Hall–Kier alpha value is -1.42. The van der Waals surface area contributed by atoms with Crippen molar-refractivity contribution in [1.29, 1.82) is 0 Å². The van der Waals surface area contributed by atoms with Crippen LogP contribution in [0.5, 0.6) is 0 Å². The molecule has 4 aliphatic rings. The van der Waals surface area contributed by atoms with Gasteiger partial charge in [0.05, 0.1) is 0 Å². The second kappa shape index (κ2) is 5.90. The van der Waals surface area contributed by atoms with Crippen LogP contribution in [0.1, 0.15) is 44.1 Å². The third-order valence-corrected chi connectivity index (χ3v) is 6.63. The van der Waals surface area contributed by atoms with Crippen molar-refractivity contribution in [2.75, 3.05) is 6.61 Å². The summed E-state index contributed by atoms with van der Waals surface area (Å²) in [6, 6.07) is 1.94. The molecule has 4 fully saturated rings. The molecule has 0 saturated heterocycles. The van der Waals surface area contributed by atoms with Crippen LogP contribution in [-0.4, -0.2) is 18.4 Å². The van der Waals surface area contributed by atoms with Crippen LogP contribution in [-0.2, 0) is 14.3 Å². The largest absolute Gasteiger partial charge is 0.455 e. The second-order valence-electron chi connectivity index (χ2n) is 7.62. The third kappa shape index (κ3) is 3.01. The van der Waals surface area contributed by atoms with E-state index in [4.69, 9.17) is 4.74 Å². The van der Waals surface area contributed by atoms with Crippen molar-refractivity contribution >= 4 is 29.2 Å². The minimum atomic E-state index is -0.422. The zero-order valence-electron chi connectivity index (χ0n) is 13.2. The molecule has 0 aliphatic heterocycles. The predicted octanol–water partition coefficient (Wildman–Crippen LogP) is 4.09. The number of hydrogen-bond donors (Lipinski definition) is 0. The van der Waals surface area contributed by atoms with Crippen molar-refractivity contribution in [2.24, 2.45) is 23.2 Å². The predicted molar refractivity (Wildman–Crippen MR) is 89.9 cm³/mol. The van der Waals surface area contributed by atoms with E-state index in [0.717, 1.165) is 42.6 Å². The first-order chi connectivity index (χ1) is 11.1. The summed E-state index contributed by atoms with van der Waals surface area (Å²) in [5.41, 5.74) is 0.811. The summed E-state index contributed by atoms with van der Waals surface area (Å²) < 4.78 is 5.22. The molecule has 0 spiro atoms. The molecule has 122 valence electrons. The highest BCUT2D eigenvalue weighted by molar-refractivity contribution is 7.08. The van der Waals surface area contributed by atoms with Crippen molar-refractivity contribution < 1.29 is 14.3 Å². The smallest absolute Gasteiger partial charge is 0.331 e. The van der Waals surface area contributed by atoms with Crippen LogP contribution in [0.15, 0.2) is 22.9 Å². The molecular weight excluding hydrogens is 308 g/mol. The first-order valence-electron chi connectivity index (χ1n) is 8.53. The zero-order chi connectivity index (χ0) is 15.9. The van der Waals surface area contributed by atoms with Gasteiger partial charge in [-0.05, 0) is 84.7 Å². The standard InChI is InChI=1S/C19H22O3S/c20-17(11-22-18(21)2-1-13-3-4-23-12-13)19-8-14-5-15(9-19)7-16(6-14)10-19/h1-4,12,14-16H,5-11H2/b2-1+. The van der Waals surface area contributed by atoms with E-state index in [2.05, 4.69) is 0 Å². The molecule has 0 amide bonds. The first-order valence-corrected chi connectivity index (χ1v) is 9.48. The lowest BCUT2D eigenvalue weighted by molar-refractivity contribution is -0.155. The average molecular weight is 330 g/mol. The van der Waals surface area contributed by atoms with Gasteiger partial charge in [0.1, 0.15) is 0 Å². The summed E-state index contributed by atoms with van der Waals surface area (Å²) in [5, 5.41) is 3.92. The van der Waals surface area contributed by atoms with Crippen LogP contribution < -0.4 is 0 Å². The van der Waals surface area contributed by atoms with E-state index >= 15 is 0 Å². The van der Waals surface area contributed by atoms with Crippen LogP contribution >= 0.6 is 11.3 Å². The molecule has 0 atom stereocenters. The summed E-state index contributed by atoms with van der Waals surface area (Å²) in [6.45, 7) is -0.0566. The molecular formula is C19H22O3S. The van der Waals surface area contributed by atoms with Gasteiger partial charge >= 0.3 is 5.97 Å². The highest BCUT2D eigenvalue weighted by atomic mass is 32.1. The van der Waals surface area contributed by atoms with E-state index in [-0.39, 0.29) is 17.8 Å². The van der Waals surface area contributed by atoms with Crippen LogP contribution in [0.25, 0.3) is 6.08 Å². The van der Waals surface area contributed by atoms with E-state index in [1.165, 1.54) is 25.3 Å². The Morgan fingerprint density at radius 3 is 2.39 bits per heavy atom. The second-order valence-corrected chi connectivity index (χ2v) is 8.40. The van der Waals surface area contributed by atoms with Gasteiger partial charge in [-0.15, -0.1) is 0 Å². The number of ether oxygens (including phenoxy) is 1. The van der Waals surface area contributed by atoms with Gasteiger partial charge in [0.2, 0.25) is 0 Å². The highest BCUT2D eigenvalue weighted by Gasteiger charge is 2.54. The van der Waals surface area contributed by atoms with E-state index in [1.807, 2.05) is 16.8 Å². The topological polar surface area (TPSA) is 43.4 Å². The molecule has 4 heteroatoms. The molecule has 5 rings (SSSR count). The highest BCUT2D eigenvalue weighted by Crippen LogP contribution is 2.60. The van der Waals surface area contributed by atoms with Crippen LogP contribution in [0, 0.1) is 23.2 Å². The Balaban J connectivity index is 1.34. The summed E-state index contributed by atoms with van der Waals surface area (Å²) in [4.78, 5) is 24.5. The maximum atomic E-state index is 12.7. The lowest BCUT2D eigenvalue weighted by Crippen LogP contribution is -2.51. The van der Waals surface area contributed by atoms with E-state index in [1.54, 1.807) is 17.4 Å². The fourth-order valence-electron chi connectivity index (χ4n) is 5.32. The Labute approximate surface area is 140 Å². The number of hydrogen-bond acceptors (Lipinski definition) is 4. The fourth-order valence-corrected chi connectivity index (χ4v) is 5.95. The monoisotopic (exact) mass is 330 g/mol. The van der Waals surface area contributed by atoms with Crippen LogP contribution in [0.2, 0.25) is 0 Å². The molecule has 1 aromatic heterocycles. The van der Waals surface area contributed by atoms with Crippen LogP contribution in [0.3, 0.4) is 0 Å².